The molecule has 0 aromatic carbocycles. The molecule has 58 valence electrons. The summed E-state index contributed by atoms with van der Waals surface area (Å²) in [5, 5.41) is 3.35. The zero-order chi connectivity index (χ0) is 7.40. The van der Waals surface area contributed by atoms with E-state index in [1.807, 2.05) is 0 Å². The summed E-state index contributed by atoms with van der Waals surface area (Å²) in [5.41, 5.74) is 1.65. The molecule has 1 saturated heterocycles. The van der Waals surface area contributed by atoms with Gasteiger partial charge in [0.2, 0.25) is 0 Å². The lowest BCUT2D eigenvalue weighted by Crippen LogP contribution is -2.23. The van der Waals surface area contributed by atoms with Crippen molar-refractivity contribution in [1.82, 2.24) is 5.32 Å². The molecule has 1 fully saturated rings. The molecule has 0 saturated carbocycles. The Morgan fingerprint density at radius 1 is 1.30 bits per heavy atom. The highest BCUT2D eigenvalue weighted by Gasteiger charge is 2.03. The lowest BCUT2D eigenvalue weighted by atomic mass is 10.0. The summed E-state index contributed by atoms with van der Waals surface area (Å²) in [5.74, 6) is 0.730. The Morgan fingerprint density at radius 3 is 2.40 bits per heavy atom. The molecule has 0 unspecified atom stereocenters. The van der Waals surface area contributed by atoms with Crippen LogP contribution < -0.4 is 5.32 Å². The van der Waals surface area contributed by atoms with Crippen molar-refractivity contribution < 1.29 is 0 Å². The van der Waals surface area contributed by atoms with Crippen LogP contribution in [0, 0.1) is 5.92 Å². The van der Waals surface area contributed by atoms with Crippen LogP contribution in [-0.4, -0.2) is 13.1 Å². The molecular formula is C9H17N. The summed E-state index contributed by atoms with van der Waals surface area (Å²) in [7, 11) is 0. The zero-order valence-electron chi connectivity index (χ0n) is 6.98. The molecule has 10 heavy (non-hydrogen) atoms. The van der Waals surface area contributed by atoms with Gasteiger partial charge in [0.15, 0.2) is 0 Å². The van der Waals surface area contributed by atoms with E-state index in [2.05, 4.69) is 25.2 Å². The van der Waals surface area contributed by atoms with Gasteiger partial charge in [0, 0.05) is 0 Å². The third-order valence-electron chi connectivity index (χ3n) is 1.81. The highest BCUT2D eigenvalue weighted by atomic mass is 14.9. The molecule has 1 rings (SSSR count). The fourth-order valence-electron chi connectivity index (χ4n) is 1.39. The molecule has 0 radical (unpaired) electrons. The average molecular weight is 139 g/mol. The Kier molecular flexibility index (Phi) is 2.94. The zero-order valence-corrected chi connectivity index (χ0v) is 6.98. The van der Waals surface area contributed by atoms with E-state index in [0.29, 0.717) is 0 Å². The van der Waals surface area contributed by atoms with E-state index in [1.165, 1.54) is 25.9 Å². The summed E-state index contributed by atoms with van der Waals surface area (Å²) >= 11 is 0. The highest BCUT2D eigenvalue weighted by molar-refractivity contribution is 5.06. The van der Waals surface area contributed by atoms with Gasteiger partial charge in [-0.05, 0) is 31.8 Å². The summed E-state index contributed by atoms with van der Waals surface area (Å²) < 4.78 is 0. The van der Waals surface area contributed by atoms with E-state index in [1.54, 1.807) is 5.57 Å². The Balaban J connectivity index is 2.37. The quantitative estimate of drug-likeness (QED) is 0.547. The molecule has 0 aliphatic carbocycles. The molecule has 0 aromatic rings. The van der Waals surface area contributed by atoms with E-state index in [9.17, 15) is 0 Å². The van der Waals surface area contributed by atoms with Gasteiger partial charge < -0.3 is 5.32 Å². The van der Waals surface area contributed by atoms with Crippen LogP contribution in [0.1, 0.15) is 26.7 Å². The molecule has 1 heterocycles. The first-order valence-electron chi connectivity index (χ1n) is 4.19. The van der Waals surface area contributed by atoms with Gasteiger partial charge in [-0.15, -0.1) is 0 Å². The summed E-state index contributed by atoms with van der Waals surface area (Å²) in [6.07, 6.45) is 4.93. The van der Waals surface area contributed by atoms with Crippen LogP contribution in [0.5, 0.6) is 0 Å². The second-order valence-corrected chi connectivity index (χ2v) is 3.32. The Morgan fingerprint density at radius 2 is 1.90 bits per heavy atom. The number of allylic oxidation sites excluding steroid dienone is 1. The SMILES string of the molecule is CC(C)C=C1CCNCC1. The molecule has 0 amide bonds. The number of piperidine rings is 1. The van der Waals surface area contributed by atoms with Crippen molar-refractivity contribution in [1.29, 1.82) is 0 Å². The molecule has 1 nitrogen and oxygen atoms in total. The fourth-order valence-corrected chi connectivity index (χ4v) is 1.39. The lowest BCUT2D eigenvalue weighted by Gasteiger charge is -2.15. The van der Waals surface area contributed by atoms with Crippen LogP contribution in [0.25, 0.3) is 0 Å². The molecule has 1 aliphatic rings. The standard InChI is InChI=1S/C9H17N/c1-8(2)7-9-3-5-10-6-4-9/h7-8,10H,3-6H2,1-2H3. The lowest BCUT2D eigenvalue weighted by molar-refractivity contribution is 0.601. The molecule has 1 aliphatic heterocycles. The molecule has 0 bridgehead atoms. The van der Waals surface area contributed by atoms with Gasteiger partial charge in [-0.3, -0.25) is 0 Å². The number of rotatable bonds is 1. The van der Waals surface area contributed by atoms with E-state index in [0.717, 1.165) is 5.92 Å². The van der Waals surface area contributed by atoms with Crippen molar-refractivity contribution in [3.63, 3.8) is 0 Å². The van der Waals surface area contributed by atoms with Crippen molar-refractivity contribution in [2.45, 2.75) is 26.7 Å². The monoisotopic (exact) mass is 139 g/mol. The van der Waals surface area contributed by atoms with Crippen molar-refractivity contribution in [2.75, 3.05) is 13.1 Å². The third kappa shape index (κ3) is 2.53. The molecule has 1 N–H and O–H groups in total. The smallest absolute Gasteiger partial charge is 0.00115 e. The van der Waals surface area contributed by atoms with Crippen LogP contribution in [0.4, 0.5) is 0 Å². The Hall–Kier alpha value is -0.300. The predicted octanol–water partition coefficient (Wildman–Crippen LogP) is 1.95. The summed E-state index contributed by atoms with van der Waals surface area (Å²) in [6.45, 7) is 6.85. The van der Waals surface area contributed by atoms with Crippen molar-refractivity contribution >= 4 is 0 Å². The van der Waals surface area contributed by atoms with Crippen LogP contribution in [0.2, 0.25) is 0 Å². The van der Waals surface area contributed by atoms with Gasteiger partial charge in [0.05, 0.1) is 0 Å². The van der Waals surface area contributed by atoms with Gasteiger partial charge in [-0.25, -0.2) is 0 Å². The Labute approximate surface area is 63.5 Å². The van der Waals surface area contributed by atoms with Crippen molar-refractivity contribution in [2.24, 2.45) is 5.92 Å². The number of nitrogens with one attached hydrogen (secondary N) is 1. The molecule has 1 heteroatoms. The van der Waals surface area contributed by atoms with E-state index < -0.39 is 0 Å². The largest absolute Gasteiger partial charge is 0.316 e. The second kappa shape index (κ2) is 3.77. The minimum Gasteiger partial charge on any atom is -0.316 e. The van der Waals surface area contributed by atoms with Gasteiger partial charge in [-0.2, -0.15) is 0 Å². The summed E-state index contributed by atoms with van der Waals surface area (Å²) in [4.78, 5) is 0. The first kappa shape index (κ1) is 7.80. The van der Waals surface area contributed by atoms with Crippen LogP contribution in [-0.2, 0) is 0 Å². The molecule has 0 aromatic heterocycles. The fraction of sp³-hybridized carbons (Fsp3) is 0.778. The maximum Gasteiger partial charge on any atom is -0.00115 e. The topological polar surface area (TPSA) is 12.0 Å². The van der Waals surface area contributed by atoms with Crippen LogP contribution in [0.15, 0.2) is 11.6 Å². The summed E-state index contributed by atoms with van der Waals surface area (Å²) in [6, 6.07) is 0. The first-order chi connectivity index (χ1) is 4.79. The van der Waals surface area contributed by atoms with Crippen LogP contribution in [0.3, 0.4) is 0 Å². The van der Waals surface area contributed by atoms with E-state index in [-0.39, 0.29) is 0 Å². The average Bonchev–Trinajstić information content (AvgIpc) is 1.88. The normalized spacial score (nSPS) is 19.7. The molecule has 0 spiro atoms. The highest BCUT2D eigenvalue weighted by Crippen LogP contribution is 2.12. The van der Waals surface area contributed by atoms with Crippen molar-refractivity contribution in [3.05, 3.63) is 11.6 Å². The third-order valence-corrected chi connectivity index (χ3v) is 1.81. The Bertz CT molecular complexity index is 117. The maximum absolute atomic E-state index is 3.35. The minimum atomic E-state index is 0.730. The van der Waals surface area contributed by atoms with Gasteiger partial charge in [-0.1, -0.05) is 25.5 Å². The van der Waals surface area contributed by atoms with E-state index >= 15 is 0 Å². The van der Waals surface area contributed by atoms with Gasteiger partial charge in [0.1, 0.15) is 0 Å². The number of hydrogen-bond acceptors (Lipinski definition) is 1. The first-order valence-corrected chi connectivity index (χ1v) is 4.19. The molecular weight excluding hydrogens is 122 g/mol. The number of hydrogen-bond donors (Lipinski definition) is 1. The maximum atomic E-state index is 3.35. The van der Waals surface area contributed by atoms with Crippen LogP contribution >= 0.6 is 0 Å². The van der Waals surface area contributed by atoms with Gasteiger partial charge in [0.25, 0.3) is 0 Å². The predicted molar refractivity (Wildman–Crippen MR) is 45.0 cm³/mol. The van der Waals surface area contributed by atoms with Gasteiger partial charge >= 0.3 is 0 Å². The minimum absolute atomic E-state index is 0.730. The van der Waals surface area contributed by atoms with E-state index in [4.69, 9.17) is 0 Å². The molecule has 0 atom stereocenters. The van der Waals surface area contributed by atoms with Crippen molar-refractivity contribution in [3.8, 4) is 0 Å². The second-order valence-electron chi connectivity index (χ2n) is 3.32.